The molecule has 2 heterocycles. The normalized spacial score (nSPS) is 15.4. The van der Waals surface area contributed by atoms with Gasteiger partial charge in [0.25, 0.3) is 11.6 Å². The zero-order chi connectivity index (χ0) is 21.5. The van der Waals surface area contributed by atoms with Crippen molar-refractivity contribution in [3.05, 3.63) is 69.9 Å². The molecule has 30 heavy (non-hydrogen) atoms. The zero-order valence-corrected chi connectivity index (χ0v) is 17.2. The van der Waals surface area contributed by atoms with E-state index in [-0.39, 0.29) is 16.4 Å². The molecule has 1 aliphatic heterocycles. The van der Waals surface area contributed by atoms with E-state index in [1.807, 2.05) is 24.4 Å². The maximum atomic E-state index is 13.0. The Balaban J connectivity index is 1.54. The van der Waals surface area contributed by atoms with Crippen LogP contribution in [0.1, 0.15) is 34.7 Å². The van der Waals surface area contributed by atoms with Crippen molar-refractivity contribution in [2.75, 3.05) is 19.3 Å². The van der Waals surface area contributed by atoms with Gasteiger partial charge in [-0.25, -0.2) is 8.42 Å². The number of para-hydroxylation sites is 1. The van der Waals surface area contributed by atoms with E-state index >= 15 is 0 Å². The maximum absolute atomic E-state index is 13.0. The van der Waals surface area contributed by atoms with Gasteiger partial charge in [0.2, 0.25) is 0 Å². The van der Waals surface area contributed by atoms with Crippen molar-refractivity contribution in [3.8, 4) is 0 Å². The fraction of sp³-hybridized carbons (Fsp3) is 0.286. The van der Waals surface area contributed by atoms with Crippen molar-refractivity contribution < 1.29 is 18.1 Å². The number of rotatable bonds is 4. The van der Waals surface area contributed by atoms with Crippen LogP contribution in [0.15, 0.2) is 53.6 Å². The Morgan fingerprint density at radius 3 is 2.53 bits per heavy atom. The number of likely N-dealkylation sites (tertiary alicyclic amines) is 1. The van der Waals surface area contributed by atoms with Crippen molar-refractivity contribution in [2.24, 2.45) is 0 Å². The summed E-state index contributed by atoms with van der Waals surface area (Å²) in [6.45, 7) is 1.000. The van der Waals surface area contributed by atoms with Gasteiger partial charge < -0.3 is 9.88 Å². The Bertz CT molecular complexity index is 1240. The van der Waals surface area contributed by atoms with Crippen molar-refractivity contribution in [1.82, 2.24) is 9.88 Å². The van der Waals surface area contributed by atoms with Gasteiger partial charge in [-0.3, -0.25) is 14.9 Å². The van der Waals surface area contributed by atoms with Crippen LogP contribution in [0.4, 0.5) is 5.69 Å². The summed E-state index contributed by atoms with van der Waals surface area (Å²) >= 11 is 0. The zero-order valence-electron chi connectivity index (χ0n) is 16.4. The molecule has 1 aromatic heterocycles. The second-order valence-electron chi connectivity index (χ2n) is 7.60. The number of nitro benzene ring substituents is 1. The number of non-ortho nitro benzene ring substituents is 1. The highest BCUT2D eigenvalue weighted by Crippen LogP contribution is 2.33. The van der Waals surface area contributed by atoms with Crippen LogP contribution in [-0.4, -0.2) is 48.5 Å². The number of hydrogen-bond donors (Lipinski definition) is 1. The lowest BCUT2D eigenvalue weighted by Crippen LogP contribution is -2.38. The average Bonchev–Trinajstić information content (AvgIpc) is 3.16. The quantitative estimate of drug-likeness (QED) is 0.506. The van der Waals surface area contributed by atoms with Crippen LogP contribution in [0, 0.1) is 10.1 Å². The van der Waals surface area contributed by atoms with Gasteiger partial charge in [0.05, 0.1) is 9.82 Å². The predicted octanol–water partition coefficient (Wildman–Crippen LogP) is 3.50. The lowest BCUT2D eigenvalue weighted by atomic mass is 9.89. The van der Waals surface area contributed by atoms with Gasteiger partial charge >= 0.3 is 0 Å². The Morgan fingerprint density at radius 1 is 1.17 bits per heavy atom. The molecular formula is C21H21N3O5S. The number of benzene rings is 2. The number of carbonyl (C=O) groups excluding carboxylic acids is 1. The third kappa shape index (κ3) is 3.80. The maximum Gasteiger partial charge on any atom is 0.271 e. The molecule has 1 aliphatic rings. The SMILES string of the molecule is CS(=O)(=O)c1cc(C(=O)N2CCC(c3c[nH]c4ccccc34)CC2)cc([N+](=O)[O-])c1. The van der Waals surface area contributed by atoms with E-state index in [2.05, 4.69) is 11.1 Å². The molecular weight excluding hydrogens is 406 g/mol. The predicted molar refractivity (Wildman–Crippen MR) is 112 cm³/mol. The van der Waals surface area contributed by atoms with Gasteiger partial charge in [-0.15, -0.1) is 0 Å². The number of aromatic amines is 1. The number of nitrogens with one attached hydrogen (secondary N) is 1. The highest BCUT2D eigenvalue weighted by Gasteiger charge is 2.28. The molecule has 0 unspecified atom stereocenters. The summed E-state index contributed by atoms with van der Waals surface area (Å²) in [7, 11) is -3.68. The molecule has 1 fully saturated rings. The molecule has 0 radical (unpaired) electrons. The number of piperidine rings is 1. The van der Waals surface area contributed by atoms with Crippen molar-refractivity contribution in [2.45, 2.75) is 23.7 Å². The first-order valence-electron chi connectivity index (χ1n) is 9.59. The van der Waals surface area contributed by atoms with Crippen LogP contribution in [0.2, 0.25) is 0 Å². The van der Waals surface area contributed by atoms with Gasteiger partial charge in [0.1, 0.15) is 0 Å². The van der Waals surface area contributed by atoms with Gasteiger partial charge in [-0.1, -0.05) is 18.2 Å². The number of carbonyl (C=O) groups is 1. The van der Waals surface area contributed by atoms with E-state index in [0.717, 1.165) is 36.7 Å². The standard InChI is InChI=1S/C21H21N3O5S/c1-30(28,29)17-11-15(10-16(12-17)24(26)27)21(25)23-8-6-14(7-9-23)19-13-22-20-5-3-2-4-18(19)20/h2-5,10-14,22H,6-9H2,1H3. The number of nitrogens with zero attached hydrogens (tertiary/aromatic N) is 2. The van der Waals surface area contributed by atoms with E-state index in [0.29, 0.717) is 19.0 Å². The molecule has 1 saturated heterocycles. The molecule has 0 atom stereocenters. The lowest BCUT2D eigenvalue weighted by molar-refractivity contribution is -0.385. The molecule has 9 heteroatoms. The summed E-state index contributed by atoms with van der Waals surface area (Å²) in [5.41, 5.74) is 1.92. The monoisotopic (exact) mass is 427 g/mol. The van der Waals surface area contributed by atoms with E-state index in [1.165, 1.54) is 17.0 Å². The van der Waals surface area contributed by atoms with Gasteiger partial charge in [0.15, 0.2) is 9.84 Å². The number of amides is 1. The third-order valence-corrected chi connectivity index (χ3v) is 6.71. The second kappa shape index (κ2) is 7.56. The molecule has 8 nitrogen and oxygen atoms in total. The first-order valence-corrected chi connectivity index (χ1v) is 11.5. The molecule has 1 amide bonds. The number of hydrogen-bond acceptors (Lipinski definition) is 5. The van der Waals surface area contributed by atoms with Crippen LogP contribution in [-0.2, 0) is 9.84 Å². The van der Waals surface area contributed by atoms with Gasteiger partial charge in [-0.2, -0.15) is 0 Å². The van der Waals surface area contributed by atoms with Crippen LogP contribution in [0.5, 0.6) is 0 Å². The molecule has 4 rings (SSSR count). The fourth-order valence-corrected chi connectivity index (χ4v) is 4.71. The molecule has 0 spiro atoms. The number of sulfone groups is 1. The Hall–Kier alpha value is -3.20. The summed E-state index contributed by atoms with van der Waals surface area (Å²) in [5.74, 6) is -0.0807. The van der Waals surface area contributed by atoms with Crippen molar-refractivity contribution >= 4 is 32.3 Å². The van der Waals surface area contributed by atoms with Crippen molar-refractivity contribution in [1.29, 1.82) is 0 Å². The molecule has 0 saturated carbocycles. The van der Waals surface area contributed by atoms with Gasteiger partial charge in [-0.05, 0) is 36.5 Å². The van der Waals surface area contributed by atoms with E-state index < -0.39 is 20.4 Å². The molecule has 1 N–H and O–H groups in total. The largest absolute Gasteiger partial charge is 0.361 e. The van der Waals surface area contributed by atoms with Crippen LogP contribution in [0.25, 0.3) is 10.9 Å². The lowest BCUT2D eigenvalue weighted by Gasteiger charge is -2.32. The summed E-state index contributed by atoms with van der Waals surface area (Å²) < 4.78 is 23.8. The van der Waals surface area contributed by atoms with Crippen molar-refractivity contribution in [3.63, 3.8) is 0 Å². The first kappa shape index (κ1) is 20.1. The topological polar surface area (TPSA) is 113 Å². The van der Waals surface area contributed by atoms with Crippen LogP contribution < -0.4 is 0 Å². The highest BCUT2D eigenvalue weighted by molar-refractivity contribution is 7.90. The van der Waals surface area contributed by atoms with E-state index in [9.17, 15) is 23.3 Å². The molecule has 0 bridgehead atoms. The van der Waals surface area contributed by atoms with E-state index in [4.69, 9.17) is 0 Å². The number of aromatic nitrogens is 1. The minimum absolute atomic E-state index is 0.0233. The Labute approximate surface area is 173 Å². The minimum Gasteiger partial charge on any atom is -0.361 e. The molecule has 156 valence electrons. The third-order valence-electron chi connectivity index (χ3n) is 5.62. The van der Waals surface area contributed by atoms with Crippen LogP contribution >= 0.6 is 0 Å². The first-order chi connectivity index (χ1) is 14.2. The van der Waals surface area contributed by atoms with Crippen LogP contribution in [0.3, 0.4) is 0 Å². The molecule has 0 aliphatic carbocycles. The number of fused-ring (bicyclic) bond motifs is 1. The number of nitro groups is 1. The summed E-state index contributed by atoms with van der Waals surface area (Å²) in [4.78, 5) is 28.2. The second-order valence-corrected chi connectivity index (χ2v) is 9.62. The summed E-state index contributed by atoms with van der Waals surface area (Å²) in [5, 5.41) is 12.4. The Kier molecular flexibility index (Phi) is 5.07. The molecule has 2 aromatic carbocycles. The molecule has 3 aromatic rings. The van der Waals surface area contributed by atoms with E-state index in [1.54, 1.807) is 4.90 Å². The average molecular weight is 427 g/mol. The fourth-order valence-electron chi connectivity index (χ4n) is 4.03. The smallest absolute Gasteiger partial charge is 0.271 e. The summed E-state index contributed by atoms with van der Waals surface area (Å²) in [6.07, 6.45) is 4.52. The summed E-state index contributed by atoms with van der Waals surface area (Å²) in [6, 6.07) is 11.4. The Morgan fingerprint density at radius 2 is 1.87 bits per heavy atom. The minimum atomic E-state index is -3.68. The van der Waals surface area contributed by atoms with Gasteiger partial charge in [0, 0.05) is 54.1 Å². The number of H-pyrrole nitrogens is 1. The highest BCUT2D eigenvalue weighted by atomic mass is 32.2.